The van der Waals surface area contributed by atoms with Gasteiger partial charge in [0.15, 0.2) is 0 Å². The average Bonchev–Trinajstić information content (AvgIpc) is 3.14. The standard InChI is InChI=1S/C13H26N2O2S/c1-2-3-10-15(13-7-8-13)18(16,17)11-12-6-4-5-9-14-12/h12-14H,2-11H2,1H3. The van der Waals surface area contributed by atoms with Gasteiger partial charge < -0.3 is 5.32 Å². The van der Waals surface area contributed by atoms with Gasteiger partial charge in [0.1, 0.15) is 0 Å². The van der Waals surface area contributed by atoms with Crippen molar-refractivity contribution in [2.45, 2.75) is 64.0 Å². The molecule has 1 heterocycles. The second-order valence-electron chi connectivity index (χ2n) is 5.62. The van der Waals surface area contributed by atoms with E-state index >= 15 is 0 Å². The molecule has 1 saturated carbocycles. The van der Waals surface area contributed by atoms with E-state index in [-0.39, 0.29) is 6.04 Å². The second-order valence-corrected chi connectivity index (χ2v) is 7.59. The fourth-order valence-corrected chi connectivity index (χ4v) is 4.70. The van der Waals surface area contributed by atoms with Crippen molar-refractivity contribution in [1.29, 1.82) is 0 Å². The Kier molecular flexibility index (Phi) is 5.04. The summed E-state index contributed by atoms with van der Waals surface area (Å²) in [5.41, 5.74) is 0. The highest BCUT2D eigenvalue weighted by Crippen LogP contribution is 2.30. The summed E-state index contributed by atoms with van der Waals surface area (Å²) in [5, 5.41) is 3.34. The Bertz CT molecular complexity index is 346. The van der Waals surface area contributed by atoms with Crippen molar-refractivity contribution in [2.24, 2.45) is 0 Å². The van der Waals surface area contributed by atoms with Gasteiger partial charge in [0.05, 0.1) is 5.75 Å². The highest BCUT2D eigenvalue weighted by Gasteiger charge is 2.37. The highest BCUT2D eigenvalue weighted by atomic mass is 32.2. The van der Waals surface area contributed by atoms with E-state index in [9.17, 15) is 8.42 Å². The third-order valence-corrected chi connectivity index (χ3v) is 5.89. The number of unbranched alkanes of at least 4 members (excludes halogenated alkanes) is 1. The molecule has 18 heavy (non-hydrogen) atoms. The lowest BCUT2D eigenvalue weighted by Crippen LogP contribution is -2.45. The van der Waals surface area contributed by atoms with Gasteiger partial charge in [0.2, 0.25) is 10.0 Å². The molecular formula is C13H26N2O2S. The molecular weight excluding hydrogens is 248 g/mol. The molecule has 0 bridgehead atoms. The smallest absolute Gasteiger partial charge is 0.215 e. The summed E-state index contributed by atoms with van der Waals surface area (Å²) >= 11 is 0. The van der Waals surface area contributed by atoms with Gasteiger partial charge in [-0.3, -0.25) is 0 Å². The first kappa shape index (κ1) is 14.3. The molecule has 0 amide bonds. The van der Waals surface area contributed by atoms with E-state index in [1.165, 1.54) is 6.42 Å². The van der Waals surface area contributed by atoms with Crippen molar-refractivity contribution < 1.29 is 8.42 Å². The summed E-state index contributed by atoms with van der Waals surface area (Å²) < 4.78 is 26.7. The van der Waals surface area contributed by atoms with E-state index in [1.54, 1.807) is 4.31 Å². The summed E-state index contributed by atoms with van der Waals surface area (Å²) in [6.07, 6.45) is 7.49. The SMILES string of the molecule is CCCCN(C1CC1)S(=O)(=O)CC1CCCCN1. The summed E-state index contributed by atoms with van der Waals surface area (Å²) in [7, 11) is -3.06. The minimum absolute atomic E-state index is 0.173. The van der Waals surface area contributed by atoms with Gasteiger partial charge in [-0.25, -0.2) is 8.42 Å². The third-order valence-electron chi connectivity index (χ3n) is 3.87. The summed E-state index contributed by atoms with van der Waals surface area (Å²) in [5.74, 6) is 0.299. The summed E-state index contributed by atoms with van der Waals surface area (Å²) in [4.78, 5) is 0. The third kappa shape index (κ3) is 3.93. The van der Waals surface area contributed by atoms with Gasteiger partial charge in [-0.2, -0.15) is 4.31 Å². The van der Waals surface area contributed by atoms with Gasteiger partial charge in [-0.05, 0) is 38.6 Å². The Hall–Kier alpha value is -0.130. The summed E-state index contributed by atoms with van der Waals surface area (Å²) in [6.45, 7) is 3.80. The first-order chi connectivity index (χ1) is 8.63. The van der Waals surface area contributed by atoms with Crippen molar-refractivity contribution in [3.8, 4) is 0 Å². The molecule has 0 aromatic carbocycles. The van der Waals surface area contributed by atoms with Crippen LogP contribution >= 0.6 is 0 Å². The van der Waals surface area contributed by atoms with Crippen LogP contribution in [0.15, 0.2) is 0 Å². The van der Waals surface area contributed by atoms with Crippen molar-refractivity contribution >= 4 is 10.0 Å². The zero-order valence-electron chi connectivity index (χ0n) is 11.4. The maximum Gasteiger partial charge on any atom is 0.215 e. The Balaban J connectivity index is 1.93. The lowest BCUT2D eigenvalue weighted by atomic mass is 10.1. The fourth-order valence-electron chi connectivity index (χ4n) is 2.64. The Morgan fingerprint density at radius 1 is 1.22 bits per heavy atom. The lowest BCUT2D eigenvalue weighted by molar-refractivity contribution is 0.378. The second kappa shape index (κ2) is 6.35. The Morgan fingerprint density at radius 2 is 2.00 bits per heavy atom. The molecule has 1 aliphatic carbocycles. The molecule has 1 aliphatic heterocycles. The molecule has 5 heteroatoms. The predicted molar refractivity (Wildman–Crippen MR) is 74.1 cm³/mol. The van der Waals surface area contributed by atoms with Crippen LogP contribution in [0.4, 0.5) is 0 Å². The number of hydrogen-bond donors (Lipinski definition) is 1. The number of sulfonamides is 1. The Morgan fingerprint density at radius 3 is 2.56 bits per heavy atom. The molecule has 4 nitrogen and oxygen atoms in total. The van der Waals surface area contributed by atoms with Crippen LogP contribution < -0.4 is 5.32 Å². The van der Waals surface area contributed by atoms with E-state index in [1.807, 2.05) is 0 Å². The first-order valence-electron chi connectivity index (χ1n) is 7.36. The predicted octanol–water partition coefficient (Wildman–Crippen LogP) is 1.72. The monoisotopic (exact) mass is 274 g/mol. The minimum atomic E-state index is -3.06. The van der Waals surface area contributed by atoms with Gasteiger partial charge in [0, 0.05) is 18.6 Å². The molecule has 2 rings (SSSR count). The van der Waals surface area contributed by atoms with Gasteiger partial charge >= 0.3 is 0 Å². The molecule has 1 saturated heterocycles. The van der Waals surface area contributed by atoms with E-state index in [0.29, 0.717) is 11.8 Å². The molecule has 2 aliphatic rings. The van der Waals surface area contributed by atoms with Gasteiger partial charge in [-0.15, -0.1) is 0 Å². The van der Waals surface area contributed by atoms with Crippen molar-refractivity contribution in [2.75, 3.05) is 18.8 Å². The quantitative estimate of drug-likeness (QED) is 0.769. The van der Waals surface area contributed by atoms with Crippen LogP contribution in [0.1, 0.15) is 51.9 Å². The molecule has 0 aromatic rings. The van der Waals surface area contributed by atoms with Crippen LogP contribution in [0.5, 0.6) is 0 Å². The van der Waals surface area contributed by atoms with Crippen molar-refractivity contribution in [1.82, 2.24) is 9.62 Å². The minimum Gasteiger partial charge on any atom is -0.313 e. The van der Waals surface area contributed by atoms with Crippen LogP contribution in [0.3, 0.4) is 0 Å². The van der Waals surface area contributed by atoms with Crippen LogP contribution in [0.2, 0.25) is 0 Å². The van der Waals surface area contributed by atoms with Crippen LogP contribution in [-0.4, -0.2) is 43.6 Å². The molecule has 1 N–H and O–H groups in total. The molecule has 106 valence electrons. The van der Waals surface area contributed by atoms with E-state index in [4.69, 9.17) is 0 Å². The number of rotatable bonds is 7. The van der Waals surface area contributed by atoms with E-state index in [0.717, 1.165) is 51.6 Å². The fraction of sp³-hybridized carbons (Fsp3) is 1.00. The van der Waals surface area contributed by atoms with Crippen molar-refractivity contribution in [3.63, 3.8) is 0 Å². The zero-order valence-corrected chi connectivity index (χ0v) is 12.2. The van der Waals surface area contributed by atoms with Crippen LogP contribution in [0.25, 0.3) is 0 Å². The normalized spacial score (nSPS) is 25.6. The number of nitrogens with one attached hydrogen (secondary N) is 1. The summed E-state index contributed by atoms with van der Waals surface area (Å²) in [6, 6.07) is 0.483. The molecule has 2 fully saturated rings. The molecule has 1 unspecified atom stereocenters. The first-order valence-corrected chi connectivity index (χ1v) is 8.97. The molecule has 0 radical (unpaired) electrons. The lowest BCUT2D eigenvalue weighted by Gasteiger charge is -2.27. The number of nitrogens with zero attached hydrogens (tertiary/aromatic N) is 1. The highest BCUT2D eigenvalue weighted by molar-refractivity contribution is 7.89. The number of hydrogen-bond acceptors (Lipinski definition) is 3. The maximum absolute atomic E-state index is 12.5. The molecule has 1 atom stereocenters. The van der Waals surface area contributed by atoms with Crippen molar-refractivity contribution in [3.05, 3.63) is 0 Å². The van der Waals surface area contributed by atoms with Gasteiger partial charge in [0.25, 0.3) is 0 Å². The molecule has 0 spiro atoms. The average molecular weight is 274 g/mol. The molecule has 0 aromatic heterocycles. The van der Waals surface area contributed by atoms with E-state index < -0.39 is 10.0 Å². The largest absolute Gasteiger partial charge is 0.313 e. The zero-order chi connectivity index (χ0) is 13.0. The Labute approximate surface area is 111 Å². The van der Waals surface area contributed by atoms with Crippen LogP contribution in [-0.2, 0) is 10.0 Å². The van der Waals surface area contributed by atoms with Crippen LogP contribution in [0, 0.1) is 0 Å². The van der Waals surface area contributed by atoms with Gasteiger partial charge in [-0.1, -0.05) is 19.8 Å². The topological polar surface area (TPSA) is 49.4 Å². The number of piperidine rings is 1. The van der Waals surface area contributed by atoms with E-state index in [2.05, 4.69) is 12.2 Å². The maximum atomic E-state index is 12.5.